The van der Waals surface area contributed by atoms with Gasteiger partial charge in [0.25, 0.3) is 0 Å². The van der Waals surface area contributed by atoms with Crippen LogP contribution in [0.1, 0.15) is 18.4 Å². The highest BCUT2D eigenvalue weighted by atomic mass is 32.2. The van der Waals surface area contributed by atoms with Crippen molar-refractivity contribution in [3.63, 3.8) is 0 Å². The highest BCUT2D eigenvalue weighted by Gasteiger charge is 2.20. The van der Waals surface area contributed by atoms with Crippen molar-refractivity contribution in [3.8, 4) is 0 Å². The average Bonchev–Trinajstić information content (AvgIpc) is 2.57. The van der Waals surface area contributed by atoms with Gasteiger partial charge >= 0.3 is 0 Å². The fourth-order valence-corrected chi connectivity index (χ4v) is 3.91. The third-order valence-electron chi connectivity index (χ3n) is 3.60. The number of hydrogen-bond acceptors (Lipinski definition) is 5. The van der Waals surface area contributed by atoms with Crippen molar-refractivity contribution in [1.82, 2.24) is 9.97 Å². The Kier molecular flexibility index (Phi) is 5.13. The molecular weight excluding hydrogens is 298 g/mol. The standard InChI is InChI=1S/C16H19N3O2S/c20-22(15-5-9-21-10-6-15)12-13-3-1-4-14(11-13)19-16-17-7-2-8-18-16/h1-4,7-8,11,15H,5-6,9-10,12H2,(H,17,18,19). The predicted molar refractivity (Wildman–Crippen MR) is 87.4 cm³/mol. The molecule has 1 unspecified atom stereocenters. The Hall–Kier alpha value is -1.79. The van der Waals surface area contributed by atoms with Crippen molar-refractivity contribution >= 4 is 22.4 Å². The molecule has 1 saturated heterocycles. The molecule has 0 spiro atoms. The molecule has 116 valence electrons. The fourth-order valence-electron chi connectivity index (χ4n) is 2.45. The first kappa shape index (κ1) is 15.1. The van der Waals surface area contributed by atoms with Crippen molar-refractivity contribution in [1.29, 1.82) is 0 Å². The summed E-state index contributed by atoms with van der Waals surface area (Å²) in [6.07, 6.45) is 5.17. The number of anilines is 2. The van der Waals surface area contributed by atoms with E-state index in [0.717, 1.165) is 37.3 Å². The maximum absolute atomic E-state index is 12.4. The third kappa shape index (κ3) is 4.11. The number of benzene rings is 1. The summed E-state index contributed by atoms with van der Waals surface area (Å²) >= 11 is 0. The second kappa shape index (κ2) is 7.47. The normalized spacial score (nSPS) is 17.1. The Morgan fingerprint density at radius 2 is 1.95 bits per heavy atom. The van der Waals surface area contributed by atoms with Gasteiger partial charge < -0.3 is 10.1 Å². The topological polar surface area (TPSA) is 64.1 Å². The van der Waals surface area contributed by atoms with Gasteiger partial charge in [0.05, 0.1) is 0 Å². The molecule has 6 heteroatoms. The van der Waals surface area contributed by atoms with Gasteiger partial charge in [0.2, 0.25) is 5.95 Å². The van der Waals surface area contributed by atoms with Crippen LogP contribution >= 0.6 is 0 Å². The summed E-state index contributed by atoms with van der Waals surface area (Å²) in [7, 11) is -0.851. The highest BCUT2D eigenvalue weighted by Crippen LogP contribution is 2.19. The van der Waals surface area contributed by atoms with Gasteiger partial charge in [0, 0.05) is 53.1 Å². The minimum Gasteiger partial charge on any atom is -0.381 e. The SMILES string of the molecule is O=S(Cc1cccc(Nc2ncccn2)c1)C1CCOCC1. The lowest BCUT2D eigenvalue weighted by Crippen LogP contribution is -2.25. The lowest BCUT2D eigenvalue weighted by atomic mass is 10.2. The summed E-state index contributed by atoms with van der Waals surface area (Å²) in [5.74, 6) is 1.14. The Balaban J connectivity index is 1.64. The maximum atomic E-state index is 12.4. The van der Waals surface area contributed by atoms with Gasteiger partial charge in [-0.3, -0.25) is 4.21 Å². The van der Waals surface area contributed by atoms with E-state index >= 15 is 0 Å². The van der Waals surface area contributed by atoms with Crippen LogP contribution in [0.4, 0.5) is 11.6 Å². The van der Waals surface area contributed by atoms with Gasteiger partial charge in [0.1, 0.15) is 0 Å². The number of nitrogens with one attached hydrogen (secondary N) is 1. The predicted octanol–water partition coefficient (Wildman–Crippen LogP) is 2.65. The molecule has 0 amide bonds. The molecule has 1 N–H and O–H groups in total. The average molecular weight is 317 g/mol. The molecule has 1 aliphatic heterocycles. The van der Waals surface area contributed by atoms with E-state index in [0.29, 0.717) is 11.7 Å². The van der Waals surface area contributed by atoms with Crippen molar-refractivity contribution in [3.05, 3.63) is 48.3 Å². The third-order valence-corrected chi connectivity index (χ3v) is 5.43. The van der Waals surface area contributed by atoms with Crippen molar-refractivity contribution < 1.29 is 8.95 Å². The molecule has 2 aromatic rings. The van der Waals surface area contributed by atoms with E-state index in [1.165, 1.54) is 0 Å². The van der Waals surface area contributed by atoms with Crippen LogP contribution in [0.5, 0.6) is 0 Å². The second-order valence-corrected chi connectivity index (χ2v) is 6.95. The van der Waals surface area contributed by atoms with Gasteiger partial charge in [-0.1, -0.05) is 12.1 Å². The van der Waals surface area contributed by atoms with Crippen molar-refractivity contribution in [2.75, 3.05) is 18.5 Å². The van der Waals surface area contributed by atoms with Crippen LogP contribution in [0.2, 0.25) is 0 Å². The van der Waals surface area contributed by atoms with Gasteiger partial charge in [-0.15, -0.1) is 0 Å². The Morgan fingerprint density at radius 1 is 1.18 bits per heavy atom. The first-order chi connectivity index (χ1) is 10.8. The van der Waals surface area contributed by atoms with E-state index in [1.54, 1.807) is 18.5 Å². The van der Waals surface area contributed by atoms with Gasteiger partial charge in [-0.25, -0.2) is 9.97 Å². The number of aromatic nitrogens is 2. The summed E-state index contributed by atoms with van der Waals surface area (Å²) in [6, 6.07) is 9.71. The summed E-state index contributed by atoms with van der Waals surface area (Å²) < 4.78 is 17.8. The number of nitrogens with zero attached hydrogens (tertiary/aromatic N) is 2. The second-order valence-electron chi connectivity index (χ2n) is 5.23. The zero-order valence-corrected chi connectivity index (χ0v) is 13.1. The molecule has 22 heavy (non-hydrogen) atoms. The van der Waals surface area contributed by atoms with Crippen LogP contribution in [0.15, 0.2) is 42.7 Å². The Bertz CT molecular complexity index is 630. The van der Waals surface area contributed by atoms with Crippen LogP contribution in [-0.2, 0) is 21.3 Å². The molecule has 5 nitrogen and oxygen atoms in total. The molecule has 0 saturated carbocycles. The smallest absolute Gasteiger partial charge is 0.227 e. The van der Waals surface area contributed by atoms with Crippen LogP contribution in [0, 0.1) is 0 Å². The van der Waals surface area contributed by atoms with E-state index in [1.807, 2.05) is 24.3 Å². The van der Waals surface area contributed by atoms with Crippen LogP contribution in [-0.4, -0.2) is 32.6 Å². The molecule has 2 heterocycles. The maximum Gasteiger partial charge on any atom is 0.227 e. The molecule has 0 aliphatic carbocycles. The summed E-state index contributed by atoms with van der Waals surface area (Å²) in [5, 5.41) is 3.41. The van der Waals surface area contributed by atoms with E-state index in [9.17, 15) is 4.21 Å². The largest absolute Gasteiger partial charge is 0.381 e. The monoisotopic (exact) mass is 317 g/mol. The highest BCUT2D eigenvalue weighted by molar-refractivity contribution is 7.84. The van der Waals surface area contributed by atoms with E-state index in [-0.39, 0.29) is 5.25 Å². The van der Waals surface area contributed by atoms with Gasteiger partial charge in [-0.2, -0.15) is 0 Å². The van der Waals surface area contributed by atoms with E-state index in [2.05, 4.69) is 15.3 Å². The zero-order chi connectivity index (χ0) is 15.2. The van der Waals surface area contributed by atoms with E-state index in [4.69, 9.17) is 4.74 Å². The molecule has 0 bridgehead atoms. The van der Waals surface area contributed by atoms with Gasteiger partial charge in [0.15, 0.2) is 0 Å². The fraction of sp³-hybridized carbons (Fsp3) is 0.375. The molecule has 1 atom stereocenters. The minimum absolute atomic E-state index is 0.253. The Morgan fingerprint density at radius 3 is 2.73 bits per heavy atom. The van der Waals surface area contributed by atoms with Crippen molar-refractivity contribution in [2.45, 2.75) is 23.8 Å². The lowest BCUT2D eigenvalue weighted by Gasteiger charge is -2.21. The molecule has 1 aliphatic rings. The minimum atomic E-state index is -0.851. The molecule has 1 fully saturated rings. The summed E-state index contributed by atoms with van der Waals surface area (Å²) in [6.45, 7) is 1.45. The van der Waals surface area contributed by atoms with Crippen molar-refractivity contribution in [2.24, 2.45) is 0 Å². The lowest BCUT2D eigenvalue weighted by molar-refractivity contribution is 0.0992. The zero-order valence-electron chi connectivity index (χ0n) is 12.3. The molecule has 1 aromatic carbocycles. The van der Waals surface area contributed by atoms with Crippen LogP contribution in [0.25, 0.3) is 0 Å². The molecule has 3 rings (SSSR count). The van der Waals surface area contributed by atoms with Crippen LogP contribution in [0.3, 0.4) is 0 Å². The number of ether oxygens (including phenoxy) is 1. The number of rotatable bonds is 5. The van der Waals surface area contributed by atoms with Crippen LogP contribution < -0.4 is 5.32 Å². The Labute approximate surface area is 132 Å². The summed E-state index contributed by atoms with van der Waals surface area (Å²) in [5.41, 5.74) is 1.97. The summed E-state index contributed by atoms with van der Waals surface area (Å²) in [4.78, 5) is 8.28. The quantitative estimate of drug-likeness (QED) is 0.918. The first-order valence-electron chi connectivity index (χ1n) is 7.39. The van der Waals surface area contributed by atoms with Gasteiger partial charge in [-0.05, 0) is 36.6 Å². The first-order valence-corrected chi connectivity index (χ1v) is 8.77. The van der Waals surface area contributed by atoms with E-state index < -0.39 is 10.8 Å². The number of hydrogen-bond donors (Lipinski definition) is 1. The molecule has 0 radical (unpaired) electrons. The molecular formula is C16H19N3O2S. The molecule has 1 aromatic heterocycles.